The minimum atomic E-state index is 0.765. The molecule has 2 aromatic rings. The standard InChI is InChI=1S/C11H12N2S/c1-8-10(12-11(14)13(8)2)9-6-4-3-5-7-9/h3-7H,1-2H3,(H,12,14). The molecule has 0 radical (unpaired) electrons. The normalized spacial score (nSPS) is 10.4. The third-order valence-corrected chi connectivity index (χ3v) is 2.84. The monoisotopic (exact) mass is 204 g/mol. The summed E-state index contributed by atoms with van der Waals surface area (Å²) in [4.78, 5) is 3.21. The molecule has 3 heteroatoms. The van der Waals surface area contributed by atoms with Crippen molar-refractivity contribution in [3.05, 3.63) is 40.8 Å². The largest absolute Gasteiger partial charge is 0.330 e. The summed E-state index contributed by atoms with van der Waals surface area (Å²) in [5.41, 5.74) is 3.45. The summed E-state index contributed by atoms with van der Waals surface area (Å²) in [5.74, 6) is 0. The Morgan fingerprint density at radius 1 is 1.21 bits per heavy atom. The molecule has 2 rings (SSSR count). The van der Waals surface area contributed by atoms with Crippen molar-refractivity contribution in [2.45, 2.75) is 6.92 Å². The molecule has 0 aliphatic heterocycles. The van der Waals surface area contributed by atoms with E-state index in [-0.39, 0.29) is 0 Å². The van der Waals surface area contributed by atoms with E-state index in [0.29, 0.717) is 0 Å². The van der Waals surface area contributed by atoms with Crippen LogP contribution in [0.1, 0.15) is 5.69 Å². The zero-order valence-electron chi connectivity index (χ0n) is 8.24. The van der Waals surface area contributed by atoms with Gasteiger partial charge < -0.3 is 9.55 Å². The Morgan fingerprint density at radius 3 is 2.36 bits per heavy atom. The van der Waals surface area contributed by atoms with Gasteiger partial charge in [-0.15, -0.1) is 0 Å². The maximum Gasteiger partial charge on any atom is 0.177 e. The van der Waals surface area contributed by atoms with E-state index in [0.717, 1.165) is 10.5 Å². The second-order valence-electron chi connectivity index (χ2n) is 3.32. The lowest BCUT2D eigenvalue weighted by Gasteiger charge is -1.99. The highest BCUT2D eigenvalue weighted by Crippen LogP contribution is 2.20. The van der Waals surface area contributed by atoms with Crippen LogP contribution in [0, 0.1) is 11.7 Å². The lowest BCUT2D eigenvalue weighted by molar-refractivity contribution is 0.858. The smallest absolute Gasteiger partial charge is 0.177 e. The van der Waals surface area contributed by atoms with Crippen molar-refractivity contribution in [3.8, 4) is 11.3 Å². The molecule has 1 heterocycles. The molecule has 0 aliphatic rings. The first-order valence-corrected chi connectivity index (χ1v) is 4.92. The summed E-state index contributed by atoms with van der Waals surface area (Å²) in [6.07, 6.45) is 0. The van der Waals surface area contributed by atoms with Gasteiger partial charge >= 0.3 is 0 Å². The SMILES string of the molecule is Cc1c(-c2ccccc2)[nH]c(=S)n1C. The van der Waals surface area contributed by atoms with Crippen molar-refractivity contribution in [1.82, 2.24) is 9.55 Å². The minimum Gasteiger partial charge on any atom is -0.330 e. The van der Waals surface area contributed by atoms with Gasteiger partial charge in [-0.05, 0) is 24.7 Å². The fraction of sp³-hybridized carbons (Fsp3) is 0.182. The first-order valence-electron chi connectivity index (χ1n) is 4.51. The Kier molecular flexibility index (Phi) is 2.25. The van der Waals surface area contributed by atoms with Gasteiger partial charge in [-0.3, -0.25) is 0 Å². The number of H-pyrrole nitrogens is 1. The number of nitrogens with one attached hydrogen (secondary N) is 1. The van der Waals surface area contributed by atoms with Crippen molar-refractivity contribution < 1.29 is 0 Å². The fourth-order valence-electron chi connectivity index (χ4n) is 1.49. The second-order valence-corrected chi connectivity index (χ2v) is 3.70. The first-order chi connectivity index (χ1) is 6.70. The summed E-state index contributed by atoms with van der Waals surface area (Å²) >= 11 is 5.17. The summed E-state index contributed by atoms with van der Waals surface area (Å²) < 4.78 is 2.75. The summed E-state index contributed by atoms with van der Waals surface area (Å²) in [6, 6.07) is 10.2. The van der Waals surface area contributed by atoms with E-state index in [1.165, 1.54) is 11.3 Å². The van der Waals surface area contributed by atoms with Crippen molar-refractivity contribution in [2.75, 3.05) is 0 Å². The molecule has 0 bridgehead atoms. The Labute approximate surface area is 88.2 Å². The van der Waals surface area contributed by atoms with Crippen LogP contribution >= 0.6 is 12.2 Å². The van der Waals surface area contributed by atoms with E-state index in [1.807, 2.05) is 29.8 Å². The maximum atomic E-state index is 5.17. The van der Waals surface area contributed by atoms with Crippen molar-refractivity contribution in [3.63, 3.8) is 0 Å². The number of hydrogen-bond acceptors (Lipinski definition) is 1. The van der Waals surface area contributed by atoms with Crippen LogP contribution < -0.4 is 0 Å². The second kappa shape index (κ2) is 3.42. The molecular weight excluding hydrogens is 192 g/mol. The number of aromatic nitrogens is 2. The molecule has 0 spiro atoms. The molecule has 0 atom stereocenters. The molecule has 0 saturated heterocycles. The van der Waals surface area contributed by atoms with Crippen molar-refractivity contribution in [2.24, 2.45) is 7.05 Å². The number of imidazole rings is 1. The van der Waals surface area contributed by atoms with E-state index in [9.17, 15) is 0 Å². The van der Waals surface area contributed by atoms with Crippen LogP contribution in [-0.2, 0) is 7.05 Å². The molecule has 1 aromatic heterocycles. The van der Waals surface area contributed by atoms with Crippen LogP contribution in [-0.4, -0.2) is 9.55 Å². The highest BCUT2D eigenvalue weighted by atomic mass is 32.1. The van der Waals surface area contributed by atoms with Crippen LogP contribution in [0.4, 0.5) is 0 Å². The molecule has 1 aromatic carbocycles. The van der Waals surface area contributed by atoms with Gasteiger partial charge in [0.2, 0.25) is 0 Å². The van der Waals surface area contributed by atoms with Crippen molar-refractivity contribution >= 4 is 12.2 Å². The molecule has 0 unspecified atom stereocenters. The van der Waals surface area contributed by atoms with Crippen LogP contribution in [0.15, 0.2) is 30.3 Å². The molecule has 14 heavy (non-hydrogen) atoms. The fourth-order valence-corrected chi connectivity index (χ4v) is 1.73. The Hall–Kier alpha value is -1.35. The number of hydrogen-bond donors (Lipinski definition) is 1. The Morgan fingerprint density at radius 2 is 1.86 bits per heavy atom. The van der Waals surface area contributed by atoms with E-state index in [4.69, 9.17) is 12.2 Å². The van der Waals surface area contributed by atoms with Gasteiger partial charge in [0.15, 0.2) is 4.77 Å². The maximum absolute atomic E-state index is 5.17. The van der Waals surface area contributed by atoms with Crippen molar-refractivity contribution in [1.29, 1.82) is 0 Å². The Balaban J connectivity index is 2.64. The van der Waals surface area contributed by atoms with Gasteiger partial charge in [-0.2, -0.15) is 0 Å². The molecule has 0 aliphatic carbocycles. The highest BCUT2D eigenvalue weighted by Gasteiger charge is 2.05. The lowest BCUT2D eigenvalue weighted by Crippen LogP contribution is -1.90. The molecule has 2 nitrogen and oxygen atoms in total. The average Bonchev–Trinajstić information content (AvgIpc) is 2.47. The van der Waals surface area contributed by atoms with Gasteiger partial charge in [0, 0.05) is 12.7 Å². The number of rotatable bonds is 1. The van der Waals surface area contributed by atoms with Crippen LogP contribution in [0.3, 0.4) is 0 Å². The van der Waals surface area contributed by atoms with E-state index >= 15 is 0 Å². The van der Waals surface area contributed by atoms with Gasteiger partial charge in [-0.25, -0.2) is 0 Å². The quantitative estimate of drug-likeness (QED) is 0.708. The zero-order valence-corrected chi connectivity index (χ0v) is 9.06. The van der Waals surface area contributed by atoms with Crippen LogP contribution in [0.25, 0.3) is 11.3 Å². The van der Waals surface area contributed by atoms with Gasteiger partial charge in [0.1, 0.15) is 0 Å². The molecule has 1 N–H and O–H groups in total. The molecule has 0 saturated carbocycles. The van der Waals surface area contributed by atoms with E-state index < -0.39 is 0 Å². The average molecular weight is 204 g/mol. The minimum absolute atomic E-state index is 0.765. The van der Waals surface area contributed by atoms with Gasteiger partial charge in [0.05, 0.1) is 5.69 Å². The lowest BCUT2D eigenvalue weighted by atomic mass is 10.1. The number of benzene rings is 1. The van der Waals surface area contributed by atoms with Crippen LogP contribution in [0.5, 0.6) is 0 Å². The van der Waals surface area contributed by atoms with Gasteiger partial charge in [-0.1, -0.05) is 30.3 Å². The molecular formula is C11H12N2S. The van der Waals surface area contributed by atoms with Gasteiger partial charge in [0.25, 0.3) is 0 Å². The summed E-state index contributed by atoms with van der Waals surface area (Å²) in [7, 11) is 1.97. The molecule has 0 amide bonds. The summed E-state index contributed by atoms with van der Waals surface area (Å²) in [6.45, 7) is 2.06. The van der Waals surface area contributed by atoms with E-state index in [2.05, 4.69) is 24.0 Å². The third-order valence-electron chi connectivity index (χ3n) is 2.46. The molecule has 72 valence electrons. The number of aromatic amines is 1. The third kappa shape index (κ3) is 1.40. The Bertz CT molecular complexity index is 494. The predicted molar refractivity (Wildman–Crippen MR) is 60.8 cm³/mol. The summed E-state index contributed by atoms with van der Waals surface area (Å²) in [5, 5.41) is 0. The topological polar surface area (TPSA) is 20.7 Å². The highest BCUT2D eigenvalue weighted by molar-refractivity contribution is 7.71. The van der Waals surface area contributed by atoms with Crippen LogP contribution in [0.2, 0.25) is 0 Å². The first kappa shape index (κ1) is 9.21. The predicted octanol–water partition coefficient (Wildman–Crippen LogP) is 3.06. The molecule has 0 fully saturated rings. The van der Waals surface area contributed by atoms with E-state index in [1.54, 1.807) is 0 Å². The number of nitrogens with zero attached hydrogens (tertiary/aromatic N) is 1. The zero-order chi connectivity index (χ0) is 10.1.